The molecule has 0 aliphatic heterocycles. The Morgan fingerprint density at radius 3 is 2.50 bits per heavy atom. The summed E-state index contributed by atoms with van der Waals surface area (Å²) in [5.74, 6) is 0.699. The molecule has 0 spiro atoms. The first-order chi connectivity index (χ1) is 5.52. The Kier molecular flexibility index (Phi) is 2.94. The molecule has 0 saturated heterocycles. The van der Waals surface area contributed by atoms with Gasteiger partial charge in [-0.15, -0.1) is 6.58 Å². The van der Waals surface area contributed by atoms with Crippen molar-refractivity contribution in [3.63, 3.8) is 0 Å². The van der Waals surface area contributed by atoms with Crippen LogP contribution in [0.4, 0.5) is 0 Å². The molecule has 1 unspecified atom stereocenters. The minimum absolute atomic E-state index is 0.699. The zero-order valence-corrected chi connectivity index (χ0v) is 9.56. The van der Waals surface area contributed by atoms with E-state index in [0.29, 0.717) is 5.92 Å². The summed E-state index contributed by atoms with van der Waals surface area (Å²) in [6.07, 6.45) is 8.64. The van der Waals surface area contributed by atoms with Crippen LogP contribution in [0.2, 0.25) is 19.6 Å². The molecular weight excluding hydrogens is 160 g/mol. The SMILES string of the molecule is C=C(C1C=CCCC1)[Si](C)(C)C. The molecule has 0 nitrogen and oxygen atoms in total. The first kappa shape index (κ1) is 9.78. The van der Waals surface area contributed by atoms with Gasteiger partial charge in [-0.3, -0.25) is 0 Å². The van der Waals surface area contributed by atoms with Crippen LogP contribution in [0.3, 0.4) is 0 Å². The van der Waals surface area contributed by atoms with Gasteiger partial charge >= 0.3 is 0 Å². The van der Waals surface area contributed by atoms with Gasteiger partial charge in [0.2, 0.25) is 0 Å². The van der Waals surface area contributed by atoms with Gasteiger partial charge in [-0.05, 0) is 25.2 Å². The highest BCUT2D eigenvalue weighted by Gasteiger charge is 2.23. The van der Waals surface area contributed by atoms with E-state index < -0.39 is 8.07 Å². The van der Waals surface area contributed by atoms with Crippen molar-refractivity contribution in [1.82, 2.24) is 0 Å². The molecule has 12 heavy (non-hydrogen) atoms. The van der Waals surface area contributed by atoms with Gasteiger partial charge in [0.05, 0.1) is 8.07 Å². The van der Waals surface area contributed by atoms with Crippen molar-refractivity contribution in [2.45, 2.75) is 38.9 Å². The molecule has 1 aliphatic rings. The number of hydrogen-bond acceptors (Lipinski definition) is 0. The standard InChI is InChI=1S/C11H20Si/c1-10(12(2,3)4)11-8-6-5-7-9-11/h6,8,11H,1,5,7,9H2,2-4H3. The van der Waals surface area contributed by atoms with E-state index in [4.69, 9.17) is 0 Å². The van der Waals surface area contributed by atoms with Crippen molar-refractivity contribution < 1.29 is 0 Å². The largest absolute Gasteiger partial charge is 0.103 e. The molecule has 0 radical (unpaired) electrons. The molecule has 0 aromatic carbocycles. The summed E-state index contributed by atoms with van der Waals surface area (Å²) in [6, 6.07) is 0. The van der Waals surface area contributed by atoms with Crippen molar-refractivity contribution in [1.29, 1.82) is 0 Å². The van der Waals surface area contributed by atoms with Crippen molar-refractivity contribution >= 4 is 8.07 Å². The number of hydrogen-bond donors (Lipinski definition) is 0. The third kappa shape index (κ3) is 2.34. The van der Waals surface area contributed by atoms with Gasteiger partial charge in [0, 0.05) is 0 Å². The molecular formula is C11H20Si. The van der Waals surface area contributed by atoms with Gasteiger partial charge in [-0.1, -0.05) is 37.0 Å². The van der Waals surface area contributed by atoms with Crippen LogP contribution in [0.5, 0.6) is 0 Å². The van der Waals surface area contributed by atoms with Crippen LogP contribution < -0.4 is 0 Å². The maximum atomic E-state index is 4.26. The summed E-state index contributed by atoms with van der Waals surface area (Å²) in [7, 11) is -1.09. The van der Waals surface area contributed by atoms with E-state index in [1.54, 1.807) is 0 Å². The minimum atomic E-state index is -1.09. The second kappa shape index (κ2) is 3.61. The molecule has 0 heterocycles. The molecule has 0 aromatic heterocycles. The maximum absolute atomic E-state index is 4.26. The first-order valence-corrected chi connectivity index (χ1v) is 8.38. The lowest BCUT2D eigenvalue weighted by Crippen LogP contribution is -2.28. The zero-order valence-electron chi connectivity index (χ0n) is 8.56. The molecule has 0 fully saturated rings. The summed E-state index contributed by atoms with van der Waals surface area (Å²) in [5, 5.41) is 1.53. The lowest BCUT2D eigenvalue weighted by atomic mass is 9.96. The molecule has 1 heteroatoms. The zero-order chi connectivity index (χ0) is 9.19. The summed E-state index contributed by atoms with van der Waals surface area (Å²) >= 11 is 0. The molecule has 0 N–H and O–H groups in total. The van der Waals surface area contributed by atoms with Crippen LogP contribution in [0.25, 0.3) is 0 Å². The average Bonchev–Trinajstić information content (AvgIpc) is 2.03. The quantitative estimate of drug-likeness (QED) is 0.448. The predicted octanol–water partition coefficient (Wildman–Crippen LogP) is 3.78. The highest BCUT2D eigenvalue weighted by molar-refractivity contribution is 6.83. The van der Waals surface area contributed by atoms with Crippen LogP contribution in [0, 0.1) is 5.92 Å². The van der Waals surface area contributed by atoms with E-state index in [9.17, 15) is 0 Å². The molecule has 1 atom stereocenters. The molecule has 1 aliphatic carbocycles. The van der Waals surface area contributed by atoms with Crippen molar-refractivity contribution in [3.05, 3.63) is 23.9 Å². The Balaban J connectivity index is 2.64. The number of allylic oxidation sites excluding steroid dienone is 3. The van der Waals surface area contributed by atoms with Gasteiger partial charge < -0.3 is 0 Å². The highest BCUT2D eigenvalue weighted by Crippen LogP contribution is 2.29. The van der Waals surface area contributed by atoms with Gasteiger partial charge in [-0.25, -0.2) is 0 Å². The minimum Gasteiger partial charge on any atom is -0.103 e. The van der Waals surface area contributed by atoms with Gasteiger partial charge in [0.1, 0.15) is 0 Å². The summed E-state index contributed by atoms with van der Waals surface area (Å²) in [4.78, 5) is 0. The van der Waals surface area contributed by atoms with Crippen LogP contribution in [-0.2, 0) is 0 Å². The lowest BCUT2D eigenvalue weighted by molar-refractivity contribution is 0.620. The summed E-state index contributed by atoms with van der Waals surface area (Å²) in [6.45, 7) is 11.4. The highest BCUT2D eigenvalue weighted by atomic mass is 28.3. The first-order valence-electron chi connectivity index (χ1n) is 4.88. The van der Waals surface area contributed by atoms with E-state index in [0.717, 1.165) is 0 Å². The van der Waals surface area contributed by atoms with Crippen LogP contribution in [-0.4, -0.2) is 8.07 Å². The summed E-state index contributed by atoms with van der Waals surface area (Å²) in [5.41, 5.74) is 0. The Bertz CT molecular complexity index is 196. The van der Waals surface area contributed by atoms with Gasteiger partial charge in [-0.2, -0.15) is 0 Å². The number of rotatable bonds is 2. The fraction of sp³-hybridized carbons (Fsp3) is 0.636. The molecule has 0 bridgehead atoms. The van der Waals surface area contributed by atoms with Crippen molar-refractivity contribution in [2.75, 3.05) is 0 Å². The van der Waals surface area contributed by atoms with E-state index in [-0.39, 0.29) is 0 Å². The molecule has 1 rings (SSSR count). The lowest BCUT2D eigenvalue weighted by Gasteiger charge is -2.27. The van der Waals surface area contributed by atoms with E-state index >= 15 is 0 Å². The van der Waals surface area contributed by atoms with E-state index in [1.807, 2.05) is 0 Å². The summed E-state index contributed by atoms with van der Waals surface area (Å²) < 4.78 is 0. The molecule has 0 aromatic rings. The molecule has 0 saturated carbocycles. The van der Waals surface area contributed by atoms with Gasteiger partial charge in [0.25, 0.3) is 0 Å². The normalized spacial score (nSPS) is 24.1. The van der Waals surface area contributed by atoms with Crippen molar-refractivity contribution in [3.8, 4) is 0 Å². The Morgan fingerprint density at radius 1 is 1.42 bits per heavy atom. The van der Waals surface area contributed by atoms with E-state index in [1.165, 1.54) is 24.5 Å². The monoisotopic (exact) mass is 180 g/mol. The van der Waals surface area contributed by atoms with Crippen LogP contribution >= 0.6 is 0 Å². The third-order valence-electron chi connectivity index (χ3n) is 2.67. The van der Waals surface area contributed by atoms with Gasteiger partial charge in [0.15, 0.2) is 0 Å². The van der Waals surface area contributed by atoms with Crippen LogP contribution in [0.15, 0.2) is 23.9 Å². The molecule has 0 amide bonds. The Morgan fingerprint density at radius 2 is 2.08 bits per heavy atom. The fourth-order valence-corrected chi connectivity index (χ4v) is 3.01. The smallest absolute Gasteiger partial charge is 0.0724 e. The maximum Gasteiger partial charge on any atom is 0.0724 e. The fourth-order valence-electron chi connectivity index (χ4n) is 1.66. The topological polar surface area (TPSA) is 0 Å². The third-order valence-corrected chi connectivity index (χ3v) is 4.96. The Hall–Kier alpha value is -0.303. The van der Waals surface area contributed by atoms with Crippen LogP contribution in [0.1, 0.15) is 19.3 Å². The van der Waals surface area contributed by atoms with E-state index in [2.05, 4.69) is 38.4 Å². The van der Waals surface area contributed by atoms with Crippen molar-refractivity contribution in [2.24, 2.45) is 5.92 Å². The molecule has 68 valence electrons. The predicted molar refractivity (Wildman–Crippen MR) is 59.0 cm³/mol. The second-order valence-corrected chi connectivity index (χ2v) is 9.88. The Labute approximate surface area is 77.4 Å². The average molecular weight is 180 g/mol. The second-order valence-electron chi connectivity index (χ2n) is 4.74.